The second kappa shape index (κ2) is 10.4. The molecular formula is C21H28N2O3S. The van der Waals surface area contributed by atoms with Crippen molar-refractivity contribution in [2.45, 2.75) is 25.8 Å². The SMILES string of the molecule is CCCCOc1cccc(C(=O)NCC(c2cccs2)N2CCOCC2)c1. The van der Waals surface area contributed by atoms with E-state index in [1.165, 1.54) is 4.88 Å². The van der Waals surface area contributed by atoms with Crippen LogP contribution in [0.5, 0.6) is 5.75 Å². The molecule has 1 atom stereocenters. The molecule has 2 aromatic rings. The van der Waals surface area contributed by atoms with Crippen LogP contribution in [0.25, 0.3) is 0 Å². The van der Waals surface area contributed by atoms with Crippen LogP contribution >= 0.6 is 11.3 Å². The summed E-state index contributed by atoms with van der Waals surface area (Å²) in [5.74, 6) is 0.685. The molecule has 3 rings (SSSR count). The second-order valence-electron chi connectivity index (χ2n) is 6.62. The van der Waals surface area contributed by atoms with Crippen LogP contribution in [-0.4, -0.2) is 50.3 Å². The second-order valence-corrected chi connectivity index (χ2v) is 7.60. The standard InChI is InChI=1S/C21H28N2O3S/c1-2-3-11-26-18-7-4-6-17(15-18)21(24)22-16-19(20-8-5-14-27-20)23-9-12-25-13-10-23/h4-8,14-15,19H,2-3,9-13,16H2,1H3,(H,22,24). The van der Waals surface area contributed by atoms with Gasteiger partial charge in [0, 0.05) is 30.1 Å². The Balaban J connectivity index is 1.61. The van der Waals surface area contributed by atoms with Crippen LogP contribution in [0.4, 0.5) is 0 Å². The minimum Gasteiger partial charge on any atom is -0.494 e. The zero-order chi connectivity index (χ0) is 18.9. The molecular weight excluding hydrogens is 360 g/mol. The average molecular weight is 389 g/mol. The van der Waals surface area contributed by atoms with Crippen LogP contribution in [0.1, 0.15) is 41.0 Å². The summed E-state index contributed by atoms with van der Waals surface area (Å²) >= 11 is 1.73. The molecule has 1 saturated heterocycles. The van der Waals surface area contributed by atoms with Crippen LogP contribution in [-0.2, 0) is 4.74 Å². The van der Waals surface area contributed by atoms with E-state index < -0.39 is 0 Å². The van der Waals surface area contributed by atoms with Crippen LogP contribution in [0.2, 0.25) is 0 Å². The van der Waals surface area contributed by atoms with Crippen LogP contribution in [0.3, 0.4) is 0 Å². The quantitative estimate of drug-likeness (QED) is 0.665. The zero-order valence-electron chi connectivity index (χ0n) is 15.9. The summed E-state index contributed by atoms with van der Waals surface area (Å²) in [4.78, 5) is 16.3. The van der Waals surface area contributed by atoms with Gasteiger partial charge in [0.15, 0.2) is 0 Å². The Kier molecular flexibility index (Phi) is 7.68. The number of nitrogens with zero attached hydrogens (tertiary/aromatic N) is 1. The lowest BCUT2D eigenvalue weighted by molar-refractivity contribution is 0.0169. The van der Waals surface area contributed by atoms with Gasteiger partial charge in [-0.25, -0.2) is 0 Å². The number of hydrogen-bond donors (Lipinski definition) is 1. The molecule has 27 heavy (non-hydrogen) atoms. The number of rotatable bonds is 9. The van der Waals surface area contributed by atoms with E-state index in [1.807, 2.05) is 24.3 Å². The summed E-state index contributed by atoms with van der Waals surface area (Å²) in [6.07, 6.45) is 2.10. The van der Waals surface area contributed by atoms with E-state index in [9.17, 15) is 4.79 Å². The Morgan fingerprint density at radius 3 is 2.89 bits per heavy atom. The van der Waals surface area contributed by atoms with Crippen molar-refractivity contribution in [2.75, 3.05) is 39.5 Å². The van der Waals surface area contributed by atoms with Crippen molar-refractivity contribution in [1.29, 1.82) is 0 Å². The van der Waals surface area contributed by atoms with Crippen molar-refractivity contribution in [1.82, 2.24) is 10.2 Å². The average Bonchev–Trinajstić information content (AvgIpc) is 3.24. The number of carbonyl (C=O) groups is 1. The minimum absolute atomic E-state index is 0.0641. The van der Waals surface area contributed by atoms with Crippen molar-refractivity contribution in [3.63, 3.8) is 0 Å². The number of amides is 1. The molecule has 5 nitrogen and oxygen atoms in total. The molecule has 0 spiro atoms. The van der Waals surface area contributed by atoms with Crippen LogP contribution in [0, 0.1) is 0 Å². The highest BCUT2D eigenvalue weighted by Gasteiger charge is 2.24. The van der Waals surface area contributed by atoms with Crippen LogP contribution in [0.15, 0.2) is 41.8 Å². The predicted octanol–water partition coefficient (Wildman–Crippen LogP) is 3.73. The largest absolute Gasteiger partial charge is 0.494 e. The van der Waals surface area contributed by atoms with Gasteiger partial charge in [-0.3, -0.25) is 9.69 Å². The molecule has 0 radical (unpaired) electrons. The minimum atomic E-state index is -0.0641. The maximum Gasteiger partial charge on any atom is 0.251 e. The van der Waals surface area contributed by atoms with E-state index in [4.69, 9.17) is 9.47 Å². The van der Waals surface area contributed by atoms with Gasteiger partial charge in [0.25, 0.3) is 5.91 Å². The fraction of sp³-hybridized carbons (Fsp3) is 0.476. The third kappa shape index (κ3) is 5.79. The summed E-state index contributed by atoms with van der Waals surface area (Å²) in [6, 6.07) is 11.8. The first kappa shape index (κ1) is 19.9. The van der Waals surface area contributed by atoms with Crippen molar-refractivity contribution in [2.24, 2.45) is 0 Å². The molecule has 6 heteroatoms. The summed E-state index contributed by atoms with van der Waals surface area (Å²) in [5, 5.41) is 5.19. The molecule has 1 amide bonds. The summed E-state index contributed by atoms with van der Waals surface area (Å²) < 4.78 is 11.2. The highest BCUT2D eigenvalue weighted by atomic mass is 32.1. The Morgan fingerprint density at radius 1 is 1.30 bits per heavy atom. The zero-order valence-corrected chi connectivity index (χ0v) is 16.7. The maximum absolute atomic E-state index is 12.7. The van der Waals surface area contributed by atoms with Gasteiger partial charge in [-0.05, 0) is 36.1 Å². The number of carbonyl (C=O) groups excluding carboxylic acids is 1. The fourth-order valence-electron chi connectivity index (χ4n) is 3.13. The number of hydrogen-bond acceptors (Lipinski definition) is 5. The molecule has 0 saturated carbocycles. The number of ether oxygens (including phenoxy) is 2. The van der Waals surface area contributed by atoms with Gasteiger partial charge in [-0.15, -0.1) is 11.3 Å². The third-order valence-electron chi connectivity index (χ3n) is 4.68. The van der Waals surface area contributed by atoms with E-state index in [2.05, 4.69) is 34.7 Å². The number of nitrogens with one attached hydrogen (secondary N) is 1. The van der Waals surface area contributed by atoms with Crippen molar-refractivity contribution in [3.8, 4) is 5.75 Å². The van der Waals surface area contributed by atoms with Gasteiger partial charge in [-0.2, -0.15) is 0 Å². The summed E-state index contributed by atoms with van der Waals surface area (Å²) in [5.41, 5.74) is 0.635. The molecule has 1 aliphatic heterocycles. The van der Waals surface area contributed by atoms with Gasteiger partial charge in [0.05, 0.1) is 25.9 Å². The van der Waals surface area contributed by atoms with E-state index in [0.717, 1.165) is 44.9 Å². The van der Waals surface area contributed by atoms with Gasteiger partial charge in [0.1, 0.15) is 5.75 Å². The maximum atomic E-state index is 12.7. The number of thiophene rings is 1. The Labute approximate surface area is 165 Å². The number of benzene rings is 1. The topological polar surface area (TPSA) is 50.8 Å². The molecule has 1 aliphatic rings. The van der Waals surface area contributed by atoms with Gasteiger partial charge >= 0.3 is 0 Å². The van der Waals surface area contributed by atoms with E-state index >= 15 is 0 Å². The lowest BCUT2D eigenvalue weighted by Crippen LogP contribution is -2.43. The molecule has 2 heterocycles. The Bertz CT molecular complexity index is 699. The molecule has 1 unspecified atom stereocenters. The normalized spacial score (nSPS) is 16.0. The van der Waals surface area contributed by atoms with Crippen LogP contribution < -0.4 is 10.1 Å². The van der Waals surface area contributed by atoms with E-state index in [-0.39, 0.29) is 11.9 Å². The first-order valence-electron chi connectivity index (χ1n) is 9.64. The van der Waals surface area contributed by atoms with Gasteiger partial charge < -0.3 is 14.8 Å². The number of unbranched alkanes of at least 4 members (excludes halogenated alkanes) is 1. The molecule has 1 aromatic carbocycles. The molecule has 1 N–H and O–H groups in total. The van der Waals surface area contributed by atoms with E-state index in [0.29, 0.717) is 18.7 Å². The highest BCUT2D eigenvalue weighted by Crippen LogP contribution is 2.25. The lowest BCUT2D eigenvalue weighted by Gasteiger charge is -2.34. The van der Waals surface area contributed by atoms with Crippen molar-refractivity contribution < 1.29 is 14.3 Å². The van der Waals surface area contributed by atoms with Gasteiger partial charge in [-0.1, -0.05) is 25.5 Å². The van der Waals surface area contributed by atoms with Crippen molar-refractivity contribution >= 4 is 17.2 Å². The molecule has 0 aliphatic carbocycles. The monoisotopic (exact) mass is 388 g/mol. The van der Waals surface area contributed by atoms with Gasteiger partial charge in [0.2, 0.25) is 0 Å². The fourth-order valence-corrected chi connectivity index (χ4v) is 3.99. The summed E-state index contributed by atoms with van der Waals surface area (Å²) in [6.45, 7) is 6.66. The molecule has 146 valence electrons. The van der Waals surface area contributed by atoms with Crippen molar-refractivity contribution in [3.05, 3.63) is 52.2 Å². The van der Waals surface area contributed by atoms with E-state index in [1.54, 1.807) is 11.3 Å². The number of morpholine rings is 1. The lowest BCUT2D eigenvalue weighted by atomic mass is 10.1. The first-order valence-corrected chi connectivity index (χ1v) is 10.5. The highest BCUT2D eigenvalue weighted by molar-refractivity contribution is 7.10. The first-order chi connectivity index (χ1) is 13.3. The molecule has 1 fully saturated rings. The molecule has 1 aromatic heterocycles. The molecule has 0 bridgehead atoms. The third-order valence-corrected chi connectivity index (χ3v) is 5.65. The predicted molar refractivity (Wildman–Crippen MR) is 109 cm³/mol. The summed E-state index contributed by atoms with van der Waals surface area (Å²) in [7, 11) is 0. The Morgan fingerprint density at radius 2 is 2.15 bits per heavy atom. The smallest absolute Gasteiger partial charge is 0.251 e. The Hall–Kier alpha value is -1.89.